The SMILES string of the molecule is Nc1c2ccc([C@@H](NC(=O)O)C(F)(F)F)cc2nn1-c1ccccc1. The molecule has 0 aliphatic rings. The van der Waals surface area contributed by atoms with Crippen LogP contribution in [0.25, 0.3) is 16.6 Å². The Labute approximate surface area is 139 Å². The average molecular weight is 350 g/mol. The van der Waals surface area contributed by atoms with E-state index >= 15 is 0 Å². The fourth-order valence-electron chi connectivity index (χ4n) is 2.55. The zero-order chi connectivity index (χ0) is 18.2. The largest absolute Gasteiger partial charge is 0.465 e. The molecular weight excluding hydrogens is 337 g/mol. The Balaban J connectivity index is 2.10. The molecule has 0 unspecified atom stereocenters. The van der Waals surface area contributed by atoms with Gasteiger partial charge in [0.2, 0.25) is 0 Å². The molecule has 0 aliphatic heterocycles. The minimum Gasteiger partial charge on any atom is -0.465 e. The van der Waals surface area contributed by atoms with Gasteiger partial charge in [0.1, 0.15) is 5.82 Å². The molecule has 0 bridgehead atoms. The number of nitrogen functional groups attached to an aromatic ring is 1. The first-order valence-electron chi connectivity index (χ1n) is 7.17. The van der Waals surface area contributed by atoms with E-state index in [0.717, 1.165) is 0 Å². The molecule has 25 heavy (non-hydrogen) atoms. The van der Waals surface area contributed by atoms with Gasteiger partial charge >= 0.3 is 12.3 Å². The van der Waals surface area contributed by atoms with Gasteiger partial charge in [-0.15, -0.1) is 0 Å². The van der Waals surface area contributed by atoms with Crippen molar-refractivity contribution in [2.24, 2.45) is 0 Å². The monoisotopic (exact) mass is 350 g/mol. The summed E-state index contributed by atoms with van der Waals surface area (Å²) in [6.07, 6.45) is -6.55. The molecular formula is C16H13F3N4O2. The third-order valence-corrected chi connectivity index (χ3v) is 3.66. The smallest absolute Gasteiger partial charge is 0.412 e. The van der Waals surface area contributed by atoms with E-state index in [1.54, 1.807) is 24.3 Å². The molecule has 6 nitrogen and oxygen atoms in total. The number of alkyl halides is 3. The number of benzene rings is 2. The number of nitrogens with zero attached hydrogens (tertiary/aromatic N) is 2. The van der Waals surface area contributed by atoms with Crippen molar-refractivity contribution in [3.63, 3.8) is 0 Å². The fourth-order valence-corrected chi connectivity index (χ4v) is 2.55. The van der Waals surface area contributed by atoms with Crippen molar-refractivity contribution >= 4 is 22.8 Å². The third-order valence-electron chi connectivity index (χ3n) is 3.66. The summed E-state index contributed by atoms with van der Waals surface area (Å²) in [6, 6.07) is 10.3. The van der Waals surface area contributed by atoms with Crippen molar-refractivity contribution in [3.05, 3.63) is 54.1 Å². The highest BCUT2D eigenvalue weighted by Crippen LogP contribution is 2.35. The highest BCUT2D eigenvalue weighted by atomic mass is 19.4. The molecule has 0 saturated carbocycles. The Morgan fingerprint density at radius 2 is 1.88 bits per heavy atom. The Hall–Kier alpha value is -3.23. The average Bonchev–Trinajstić information content (AvgIpc) is 2.88. The van der Waals surface area contributed by atoms with Gasteiger partial charge in [0.05, 0.1) is 11.2 Å². The minimum atomic E-state index is -4.78. The van der Waals surface area contributed by atoms with E-state index in [4.69, 9.17) is 10.8 Å². The van der Waals surface area contributed by atoms with Gasteiger partial charge in [0, 0.05) is 5.39 Å². The minimum absolute atomic E-state index is 0.236. The molecule has 1 atom stereocenters. The summed E-state index contributed by atoms with van der Waals surface area (Å²) < 4.78 is 40.8. The van der Waals surface area contributed by atoms with E-state index in [9.17, 15) is 18.0 Å². The normalized spacial score (nSPS) is 12.9. The third kappa shape index (κ3) is 3.21. The lowest BCUT2D eigenvalue weighted by Gasteiger charge is -2.20. The summed E-state index contributed by atoms with van der Waals surface area (Å²) in [5, 5.41) is 14.9. The molecule has 3 rings (SSSR count). The number of nitrogens with one attached hydrogen (secondary N) is 1. The number of para-hydroxylation sites is 1. The van der Waals surface area contributed by atoms with E-state index in [1.807, 2.05) is 6.07 Å². The molecule has 0 aliphatic carbocycles. The summed E-state index contributed by atoms with van der Waals surface area (Å²) in [6.45, 7) is 0. The second-order valence-electron chi connectivity index (χ2n) is 5.33. The van der Waals surface area contributed by atoms with Gasteiger partial charge < -0.3 is 16.2 Å². The van der Waals surface area contributed by atoms with Crippen molar-refractivity contribution in [2.45, 2.75) is 12.2 Å². The van der Waals surface area contributed by atoms with Gasteiger partial charge in [0.25, 0.3) is 0 Å². The van der Waals surface area contributed by atoms with Crippen molar-refractivity contribution in [3.8, 4) is 5.69 Å². The van der Waals surface area contributed by atoms with Gasteiger partial charge in [-0.2, -0.15) is 18.3 Å². The van der Waals surface area contributed by atoms with E-state index in [2.05, 4.69) is 5.10 Å². The Morgan fingerprint density at radius 3 is 2.48 bits per heavy atom. The van der Waals surface area contributed by atoms with Gasteiger partial charge in [0.15, 0.2) is 6.04 Å². The number of amides is 1. The first kappa shape index (κ1) is 16.6. The van der Waals surface area contributed by atoms with Crippen LogP contribution in [0.5, 0.6) is 0 Å². The Bertz CT molecular complexity index is 922. The van der Waals surface area contributed by atoms with Crippen molar-refractivity contribution in [2.75, 3.05) is 5.73 Å². The second-order valence-corrected chi connectivity index (χ2v) is 5.33. The summed E-state index contributed by atoms with van der Waals surface area (Å²) in [5.74, 6) is 0.280. The predicted molar refractivity (Wildman–Crippen MR) is 85.4 cm³/mol. The number of rotatable bonds is 3. The number of nitrogens with two attached hydrogens (primary N) is 1. The number of carbonyl (C=O) groups is 1. The van der Waals surface area contributed by atoms with Crippen LogP contribution < -0.4 is 11.1 Å². The van der Waals surface area contributed by atoms with Crippen LogP contribution in [0.15, 0.2) is 48.5 Å². The number of aromatic nitrogens is 2. The zero-order valence-corrected chi connectivity index (χ0v) is 12.7. The molecule has 0 saturated heterocycles. The maximum atomic E-state index is 13.1. The lowest BCUT2D eigenvalue weighted by molar-refractivity contribution is -0.155. The fraction of sp³-hybridized carbons (Fsp3) is 0.125. The van der Waals surface area contributed by atoms with Crippen LogP contribution in [0.2, 0.25) is 0 Å². The first-order chi connectivity index (χ1) is 11.8. The van der Waals surface area contributed by atoms with Crippen molar-refractivity contribution < 1.29 is 23.1 Å². The van der Waals surface area contributed by atoms with Crippen LogP contribution in [0, 0.1) is 0 Å². The van der Waals surface area contributed by atoms with E-state index in [1.165, 1.54) is 28.2 Å². The zero-order valence-electron chi connectivity index (χ0n) is 12.7. The number of halogens is 3. The lowest BCUT2D eigenvalue weighted by Crippen LogP contribution is -2.37. The molecule has 1 amide bonds. The Kier molecular flexibility index (Phi) is 3.99. The van der Waals surface area contributed by atoms with Gasteiger partial charge in [-0.25, -0.2) is 9.48 Å². The van der Waals surface area contributed by atoms with E-state index in [-0.39, 0.29) is 16.9 Å². The summed E-state index contributed by atoms with van der Waals surface area (Å²) >= 11 is 0. The molecule has 1 aromatic heterocycles. The van der Waals surface area contributed by atoms with Crippen LogP contribution >= 0.6 is 0 Å². The summed E-state index contributed by atoms with van der Waals surface area (Å²) in [7, 11) is 0. The van der Waals surface area contributed by atoms with Crippen LogP contribution in [0.3, 0.4) is 0 Å². The molecule has 4 N–H and O–H groups in total. The standard InChI is InChI=1S/C16H13F3N4O2/c17-16(18,19)13(21-15(24)25)9-6-7-11-12(8-9)22-23(14(11)20)10-4-2-1-3-5-10/h1-8,13,21H,20H2,(H,24,25)/t13-/m1/s1. The lowest BCUT2D eigenvalue weighted by atomic mass is 10.0. The maximum absolute atomic E-state index is 13.1. The number of carboxylic acid groups (broad SMARTS) is 1. The van der Waals surface area contributed by atoms with Crippen molar-refractivity contribution in [1.82, 2.24) is 15.1 Å². The summed E-state index contributed by atoms with van der Waals surface area (Å²) in [5.41, 5.74) is 6.67. The first-order valence-corrected chi connectivity index (χ1v) is 7.17. The highest BCUT2D eigenvalue weighted by Gasteiger charge is 2.42. The van der Waals surface area contributed by atoms with Gasteiger partial charge in [-0.3, -0.25) is 0 Å². The van der Waals surface area contributed by atoms with Crippen LogP contribution in [0.1, 0.15) is 11.6 Å². The summed E-state index contributed by atoms with van der Waals surface area (Å²) in [4.78, 5) is 10.7. The molecule has 0 spiro atoms. The van der Waals surface area contributed by atoms with Gasteiger partial charge in [-0.05, 0) is 29.8 Å². The van der Waals surface area contributed by atoms with Crippen LogP contribution in [-0.2, 0) is 0 Å². The van der Waals surface area contributed by atoms with Gasteiger partial charge in [-0.1, -0.05) is 24.3 Å². The molecule has 0 radical (unpaired) electrons. The molecule has 2 aromatic carbocycles. The highest BCUT2D eigenvalue weighted by molar-refractivity contribution is 5.90. The number of hydrogen-bond acceptors (Lipinski definition) is 3. The molecule has 0 fully saturated rings. The molecule has 130 valence electrons. The molecule has 3 aromatic rings. The number of anilines is 1. The second kappa shape index (κ2) is 6.00. The molecule has 9 heteroatoms. The van der Waals surface area contributed by atoms with E-state index in [0.29, 0.717) is 11.1 Å². The van der Waals surface area contributed by atoms with Crippen LogP contribution in [-0.4, -0.2) is 27.2 Å². The van der Waals surface area contributed by atoms with Crippen molar-refractivity contribution in [1.29, 1.82) is 0 Å². The number of hydrogen-bond donors (Lipinski definition) is 3. The Morgan fingerprint density at radius 1 is 1.20 bits per heavy atom. The maximum Gasteiger partial charge on any atom is 0.412 e. The topological polar surface area (TPSA) is 93.2 Å². The quantitative estimate of drug-likeness (QED) is 0.674. The van der Waals surface area contributed by atoms with Crippen LogP contribution in [0.4, 0.5) is 23.8 Å². The van der Waals surface area contributed by atoms with E-state index < -0.39 is 18.3 Å². The molecule has 1 heterocycles. The number of fused-ring (bicyclic) bond motifs is 1. The predicted octanol–water partition coefficient (Wildman–Crippen LogP) is 3.48.